The van der Waals surface area contributed by atoms with E-state index in [2.05, 4.69) is 5.32 Å². The van der Waals surface area contributed by atoms with Crippen LogP contribution in [0.4, 0.5) is 5.69 Å². The fourth-order valence-electron chi connectivity index (χ4n) is 2.19. The Morgan fingerprint density at radius 2 is 1.96 bits per heavy atom. The number of hydrogen-bond acceptors (Lipinski definition) is 4. The smallest absolute Gasteiger partial charge is 0.336 e. The number of rotatable bonds is 4. The Labute approximate surface area is 142 Å². The van der Waals surface area contributed by atoms with Crippen molar-refractivity contribution in [1.82, 2.24) is 0 Å². The first-order valence-corrected chi connectivity index (χ1v) is 7.62. The Morgan fingerprint density at radius 3 is 2.79 bits per heavy atom. The van der Waals surface area contributed by atoms with E-state index in [0.29, 0.717) is 22.0 Å². The molecule has 0 spiro atoms. The molecule has 1 aromatic heterocycles. The van der Waals surface area contributed by atoms with E-state index in [1.165, 1.54) is 6.07 Å². The van der Waals surface area contributed by atoms with Gasteiger partial charge in [0, 0.05) is 28.2 Å². The largest absolute Gasteiger partial charge is 0.484 e. The minimum absolute atomic E-state index is 0.172. The molecule has 0 bridgehead atoms. The van der Waals surface area contributed by atoms with Crippen molar-refractivity contribution < 1.29 is 13.9 Å². The van der Waals surface area contributed by atoms with Crippen LogP contribution < -0.4 is 15.7 Å². The molecule has 0 saturated heterocycles. The van der Waals surface area contributed by atoms with Crippen LogP contribution in [0.3, 0.4) is 0 Å². The predicted octanol–water partition coefficient (Wildman–Crippen LogP) is 3.77. The van der Waals surface area contributed by atoms with Gasteiger partial charge in [0.1, 0.15) is 11.3 Å². The third-order valence-corrected chi connectivity index (χ3v) is 3.67. The summed E-state index contributed by atoms with van der Waals surface area (Å²) in [5.74, 6) is 0.129. The van der Waals surface area contributed by atoms with Crippen LogP contribution >= 0.6 is 11.6 Å². The molecule has 0 atom stereocenters. The van der Waals surface area contributed by atoms with E-state index in [-0.39, 0.29) is 12.5 Å². The highest BCUT2D eigenvalue weighted by Crippen LogP contribution is 2.21. The molecule has 5 nitrogen and oxygen atoms in total. The molecule has 6 heteroatoms. The molecule has 3 aromatic rings. The topological polar surface area (TPSA) is 68.5 Å². The van der Waals surface area contributed by atoms with Crippen LogP contribution in [0.5, 0.6) is 5.75 Å². The molecule has 1 amide bonds. The van der Waals surface area contributed by atoms with E-state index in [9.17, 15) is 9.59 Å². The average molecular weight is 344 g/mol. The third-order valence-electron chi connectivity index (χ3n) is 3.44. The average Bonchev–Trinajstić information content (AvgIpc) is 2.56. The number of aryl methyl sites for hydroxylation is 1. The molecule has 0 aliphatic rings. The molecular formula is C18H14ClNO4. The first-order valence-electron chi connectivity index (χ1n) is 7.24. The second-order valence-electron chi connectivity index (χ2n) is 5.25. The lowest BCUT2D eigenvalue weighted by molar-refractivity contribution is -0.118. The van der Waals surface area contributed by atoms with Crippen molar-refractivity contribution in [2.45, 2.75) is 6.92 Å². The van der Waals surface area contributed by atoms with Gasteiger partial charge in [0.15, 0.2) is 6.61 Å². The molecule has 2 aromatic carbocycles. The van der Waals surface area contributed by atoms with Gasteiger partial charge in [-0.15, -0.1) is 0 Å². The van der Waals surface area contributed by atoms with Gasteiger partial charge in [0.25, 0.3) is 5.91 Å². The zero-order valence-corrected chi connectivity index (χ0v) is 13.6. The number of anilines is 1. The Kier molecular flexibility index (Phi) is 4.53. The molecule has 1 heterocycles. The van der Waals surface area contributed by atoms with Gasteiger partial charge in [-0.1, -0.05) is 17.7 Å². The summed E-state index contributed by atoms with van der Waals surface area (Å²) in [5, 5.41) is 4.07. The summed E-state index contributed by atoms with van der Waals surface area (Å²) in [4.78, 5) is 23.3. The monoisotopic (exact) mass is 343 g/mol. The van der Waals surface area contributed by atoms with E-state index in [0.717, 1.165) is 10.9 Å². The zero-order chi connectivity index (χ0) is 17.1. The van der Waals surface area contributed by atoms with E-state index >= 15 is 0 Å². The zero-order valence-electron chi connectivity index (χ0n) is 12.8. The van der Waals surface area contributed by atoms with Gasteiger partial charge in [0.05, 0.1) is 0 Å². The molecule has 3 rings (SSSR count). The number of ether oxygens (including phenoxy) is 1. The summed E-state index contributed by atoms with van der Waals surface area (Å²) in [7, 11) is 0. The maximum atomic E-state index is 12.0. The minimum atomic E-state index is -0.436. The predicted molar refractivity (Wildman–Crippen MR) is 92.8 cm³/mol. The van der Waals surface area contributed by atoms with Crippen molar-refractivity contribution in [2.75, 3.05) is 11.9 Å². The summed E-state index contributed by atoms with van der Waals surface area (Å²) >= 11 is 5.92. The summed E-state index contributed by atoms with van der Waals surface area (Å²) < 4.78 is 10.5. The summed E-state index contributed by atoms with van der Waals surface area (Å²) in [5.41, 5.74) is 1.51. The molecule has 0 fully saturated rings. The van der Waals surface area contributed by atoms with Crippen molar-refractivity contribution in [3.63, 3.8) is 0 Å². The van der Waals surface area contributed by atoms with Gasteiger partial charge < -0.3 is 14.5 Å². The Bertz CT molecular complexity index is 965. The number of halogens is 1. The number of carbonyl (C=O) groups excluding carboxylic acids is 1. The van der Waals surface area contributed by atoms with Crippen molar-refractivity contribution >= 4 is 34.2 Å². The number of fused-ring (bicyclic) bond motifs is 1. The Balaban J connectivity index is 1.67. The maximum absolute atomic E-state index is 12.0. The number of benzene rings is 2. The van der Waals surface area contributed by atoms with Crippen LogP contribution in [0.1, 0.15) is 5.56 Å². The second kappa shape index (κ2) is 6.76. The fourth-order valence-corrected chi connectivity index (χ4v) is 2.37. The van der Waals surface area contributed by atoms with Crippen molar-refractivity contribution in [2.24, 2.45) is 0 Å². The fraction of sp³-hybridized carbons (Fsp3) is 0.111. The summed E-state index contributed by atoms with van der Waals surface area (Å²) in [6.07, 6.45) is 0. The van der Waals surface area contributed by atoms with Gasteiger partial charge >= 0.3 is 5.63 Å². The SMILES string of the molecule is Cc1ccc(Cl)cc1NC(=O)COc1ccc2ccc(=O)oc2c1. The lowest BCUT2D eigenvalue weighted by atomic mass is 10.2. The lowest BCUT2D eigenvalue weighted by Gasteiger charge is -2.10. The number of nitrogens with one attached hydrogen (secondary N) is 1. The van der Waals surface area contributed by atoms with Gasteiger partial charge in [-0.25, -0.2) is 4.79 Å². The highest BCUT2D eigenvalue weighted by atomic mass is 35.5. The molecular weight excluding hydrogens is 330 g/mol. The van der Waals surface area contributed by atoms with Crippen LogP contribution in [-0.4, -0.2) is 12.5 Å². The second-order valence-corrected chi connectivity index (χ2v) is 5.69. The van der Waals surface area contributed by atoms with Crippen molar-refractivity contribution in [3.05, 3.63) is 69.5 Å². The Hall–Kier alpha value is -2.79. The number of amides is 1. The molecule has 24 heavy (non-hydrogen) atoms. The molecule has 1 N–H and O–H groups in total. The standard InChI is InChI=1S/C18H14ClNO4/c1-11-2-5-13(19)8-15(11)20-17(21)10-23-14-6-3-12-4-7-18(22)24-16(12)9-14/h2-9H,10H2,1H3,(H,20,21). The molecule has 122 valence electrons. The van der Waals surface area contributed by atoms with E-state index in [1.807, 2.05) is 13.0 Å². The van der Waals surface area contributed by atoms with Crippen LogP contribution in [0.25, 0.3) is 11.0 Å². The van der Waals surface area contributed by atoms with Crippen molar-refractivity contribution in [1.29, 1.82) is 0 Å². The number of hydrogen-bond donors (Lipinski definition) is 1. The quantitative estimate of drug-likeness (QED) is 0.732. The van der Waals surface area contributed by atoms with Crippen molar-refractivity contribution in [3.8, 4) is 5.75 Å². The molecule has 0 aliphatic carbocycles. The van der Waals surface area contributed by atoms with E-state index < -0.39 is 5.63 Å². The molecule has 0 unspecified atom stereocenters. The van der Waals surface area contributed by atoms with Gasteiger partial charge in [-0.3, -0.25) is 4.79 Å². The van der Waals surface area contributed by atoms with Crippen LogP contribution in [0, 0.1) is 6.92 Å². The first kappa shape index (κ1) is 16.1. The summed E-state index contributed by atoms with van der Waals surface area (Å²) in [6, 6.07) is 13.3. The maximum Gasteiger partial charge on any atom is 0.336 e. The molecule has 0 aliphatic heterocycles. The molecule has 0 saturated carbocycles. The third kappa shape index (κ3) is 3.75. The molecule has 0 radical (unpaired) electrons. The minimum Gasteiger partial charge on any atom is -0.484 e. The van der Waals surface area contributed by atoms with Gasteiger partial charge in [0.2, 0.25) is 0 Å². The number of carbonyl (C=O) groups is 1. The first-order chi connectivity index (χ1) is 11.5. The highest BCUT2D eigenvalue weighted by Gasteiger charge is 2.07. The van der Waals surface area contributed by atoms with Gasteiger partial charge in [-0.2, -0.15) is 0 Å². The highest BCUT2D eigenvalue weighted by molar-refractivity contribution is 6.31. The van der Waals surface area contributed by atoms with Crippen LogP contribution in [0.2, 0.25) is 5.02 Å². The van der Waals surface area contributed by atoms with Crippen LogP contribution in [0.15, 0.2) is 57.7 Å². The Morgan fingerprint density at radius 1 is 1.17 bits per heavy atom. The van der Waals surface area contributed by atoms with E-state index in [1.54, 1.807) is 36.4 Å². The summed E-state index contributed by atoms with van der Waals surface area (Å²) in [6.45, 7) is 1.70. The van der Waals surface area contributed by atoms with E-state index in [4.69, 9.17) is 20.8 Å². The van der Waals surface area contributed by atoms with Crippen LogP contribution in [-0.2, 0) is 4.79 Å². The lowest BCUT2D eigenvalue weighted by Crippen LogP contribution is -2.20. The van der Waals surface area contributed by atoms with Gasteiger partial charge in [-0.05, 0) is 42.8 Å². The normalized spacial score (nSPS) is 10.6.